The molecule has 106 valence electrons. The molecule has 1 fully saturated rings. The van der Waals surface area contributed by atoms with Gasteiger partial charge in [0.25, 0.3) is 0 Å². The van der Waals surface area contributed by atoms with Crippen molar-refractivity contribution in [1.29, 1.82) is 0 Å². The molecule has 0 aromatic heterocycles. The van der Waals surface area contributed by atoms with Crippen molar-refractivity contribution in [2.24, 2.45) is 5.41 Å². The number of hydrogen-bond acceptors (Lipinski definition) is 2. The molecule has 0 atom stereocenters. The summed E-state index contributed by atoms with van der Waals surface area (Å²) in [5.41, 5.74) is 3.92. The zero-order valence-corrected chi connectivity index (χ0v) is 12.3. The number of benzene rings is 2. The lowest BCUT2D eigenvalue weighted by molar-refractivity contribution is -0.135. The van der Waals surface area contributed by atoms with Gasteiger partial charge in [-0.05, 0) is 22.8 Å². The van der Waals surface area contributed by atoms with Gasteiger partial charge in [-0.25, -0.2) is 4.79 Å². The van der Waals surface area contributed by atoms with Gasteiger partial charge in [0.1, 0.15) is 6.61 Å². The Bertz CT molecular complexity index is 679. The van der Waals surface area contributed by atoms with Crippen molar-refractivity contribution in [1.82, 2.24) is 0 Å². The quantitative estimate of drug-likeness (QED) is 0.604. The minimum atomic E-state index is -0.213. The molecule has 21 heavy (non-hydrogen) atoms. The summed E-state index contributed by atoms with van der Waals surface area (Å²) in [6.45, 7) is 4.52. The molecule has 0 spiro atoms. The first-order valence-corrected chi connectivity index (χ1v) is 7.11. The van der Waals surface area contributed by atoms with Crippen LogP contribution in [0.3, 0.4) is 0 Å². The van der Waals surface area contributed by atoms with E-state index >= 15 is 0 Å². The second-order valence-corrected chi connectivity index (χ2v) is 6.01. The van der Waals surface area contributed by atoms with Gasteiger partial charge in [0, 0.05) is 11.0 Å². The molecule has 2 nitrogen and oxygen atoms in total. The minimum Gasteiger partial charge on any atom is -0.461 e. The first-order chi connectivity index (χ1) is 10.1. The Labute approximate surface area is 125 Å². The molecule has 0 radical (unpaired) electrons. The third-order valence-corrected chi connectivity index (χ3v) is 3.84. The first-order valence-electron chi connectivity index (χ1n) is 7.11. The molecule has 0 unspecified atom stereocenters. The van der Waals surface area contributed by atoms with Gasteiger partial charge in [0.05, 0.1) is 0 Å². The maximum Gasteiger partial charge on any atom is 0.334 e. The molecule has 0 bridgehead atoms. The molecular weight excluding hydrogens is 260 g/mol. The van der Waals surface area contributed by atoms with E-state index in [9.17, 15) is 4.79 Å². The molecule has 3 rings (SSSR count). The van der Waals surface area contributed by atoms with Crippen LogP contribution in [0.4, 0.5) is 0 Å². The van der Waals surface area contributed by atoms with Gasteiger partial charge in [-0.15, -0.1) is 0 Å². The monoisotopic (exact) mass is 278 g/mol. The Morgan fingerprint density at radius 1 is 0.952 bits per heavy atom. The van der Waals surface area contributed by atoms with Gasteiger partial charge in [0.15, 0.2) is 0 Å². The minimum absolute atomic E-state index is 0.202. The average molecular weight is 278 g/mol. The molecule has 1 aliphatic rings. The Hall–Kier alpha value is -2.35. The Balaban J connectivity index is 1.90. The van der Waals surface area contributed by atoms with E-state index in [2.05, 4.69) is 24.3 Å². The summed E-state index contributed by atoms with van der Waals surface area (Å²) in [7, 11) is 0. The largest absolute Gasteiger partial charge is 0.461 e. The molecule has 2 aromatic carbocycles. The third kappa shape index (κ3) is 2.75. The highest BCUT2D eigenvalue weighted by Gasteiger charge is 2.37. The van der Waals surface area contributed by atoms with Gasteiger partial charge in [-0.3, -0.25) is 0 Å². The summed E-state index contributed by atoms with van der Waals surface area (Å²) in [4.78, 5) is 11.8. The smallest absolute Gasteiger partial charge is 0.334 e. The second kappa shape index (κ2) is 5.21. The van der Waals surface area contributed by atoms with E-state index in [4.69, 9.17) is 4.74 Å². The zero-order valence-electron chi connectivity index (χ0n) is 12.3. The molecule has 2 aromatic rings. The lowest BCUT2D eigenvalue weighted by atomic mass is 9.86. The molecule has 0 amide bonds. The van der Waals surface area contributed by atoms with E-state index in [1.54, 1.807) is 0 Å². The average Bonchev–Trinajstić information content (AvgIpc) is 2.76. The van der Waals surface area contributed by atoms with Gasteiger partial charge in [0.2, 0.25) is 0 Å². The molecule has 0 saturated carbocycles. The summed E-state index contributed by atoms with van der Waals surface area (Å²) < 4.78 is 5.14. The molecule has 0 N–H and O–H groups in total. The van der Waals surface area contributed by atoms with Crippen LogP contribution in [0.2, 0.25) is 0 Å². The maximum absolute atomic E-state index is 11.8. The molecule has 2 heteroatoms. The highest BCUT2D eigenvalue weighted by atomic mass is 16.5. The number of carbonyl (C=O) groups excluding carboxylic acids is 1. The van der Waals surface area contributed by atoms with E-state index in [1.807, 2.05) is 50.3 Å². The second-order valence-electron chi connectivity index (χ2n) is 6.01. The van der Waals surface area contributed by atoms with Crippen LogP contribution in [-0.2, 0) is 9.53 Å². The third-order valence-electron chi connectivity index (χ3n) is 3.84. The number of carbonyl (C=O) groups is 1. The first kappa shape index (κ1) is 13.6. The highest BCUT2D eigenvalue weighted by Crippen LogP contribution is 2.35. The van der Waals surface area contributed by atoms with Crippen LogP contribution in [0.1, 0.15) is 19.4 Å². The number of ether oxygens (including phenoxy) is 1. The number of rotatable bonds is 2. The van der Waals surface area contributed by atoms with E-state index in [1.165, 1.54) is 11.1 Å². The van der Waals surface area contributed by atoms with Crippen LogP contribution in [0.25, 0.3) is 17.2 Å². The topological polar surface area (TPSA) is 26.3 Å². The molecule has 1 aliphatic heterocycles. The molecular formula is C19H18O2. The van der Waals surface area contributed by atoms with Crippen LogP contribution < -0.4 is 0 Å². The van der Waals surface area contributed by atoms with Crippen molar-refractivity contribution in [3.8, 4) is 11.1 Å². The fourth-order valence-corrected chi connectivity index (χ4v) is 2.50. The normalized spacial score (nSPS) is 18.8. The van der Waals surface area contributed by atoms with Crippen LogP contribution in [0.5, 0.6) is 0 Å². The lowest BCUT2D eigenvalue weighted by Gasteiger charge is -2.14. The number of cyclic esters (lactones) is 1. The van der Waals surface area contributed by atoms with Gasteiger partial charge in [-0.1, -0.05) is 68.4 Å². The van der Waals surface area contributed by atoms with Crippen molar-refractivity contribution < 1.29 is 9.53 Å². The maximum atomic E-state index is 11.8. The zero-order chi connectivity index (χ0) is 14.9. The Morgan fingerprint density at radius 3 is 2.14 bits per heavy atom. The van der Waals surface area contributed by atoms with Crippen molar-refractivity contribution in [2.75, 3.05) is 6.61 Å². The van der Waals surface area contributed by atoms with Gasteiger partial charge >= 0.3 is 5.97 Å². The fourth-order valence-electron chi connectivity index (χ4n) is 2.50. The summed E-state index contributed by atoms with van der Waals surface area (Å²) in [5, 5.41) is 0. The van der Waals surface area contributed by atoms with Crippen LogP contribution in [0, 0.1) is 5.41 Å². The van der Waals surface area contributed by atoms with Crippen LogP contribution in [0.15, 0.2) is 60.2 Å². The van der Waals surface area contributed by atoms with E-state index < -0.39 is 0 Å². The molecule has 0 aliphatic carbocycles. The van der Waals surface area contributed by atoms with E-state index in [-0.39, 0.29) is 11.4 Å². The van der Waals surface area contributed by atoms with Crippen molar-refractivity contribution in [2.45, 2.75) is 13.8 Å². The number of hydrogen-bond donors (Lipinski definition) is 0. The number of esters is 1. The Morgan fingerprint density at radius 2 is 1.57 bits per heavy atom. The van der Waals surface area contributed by atoms with Crippen molar-refractivity contribution in [3.05, 3.63) is 65.7 Å². The summed E-state index contributed by atoms with van der Waals surface area (Å²) in [6, 6.07) is 18.5. The van der Waals surface area contributed by atoms with Crippen LogP contribution in [-0.4, -0.2) is 12.6 Å². The molecule has 1 heterocycles. The van der Waals surface area contributed by atoms with Crippen LogP contribution >= 0.6 is 0 Å². The lowest BCUT2D eigenvalue weighted by Crippen LogP contribution is -2.13. The molecule has 1 saturated heterocycles. The summed E-state index contributed by atoms with van der Waals surface area (Å²) in [5.74, 6) is -0.202. The van der Waals surface area contributed by atoms with E-state index in [0.717, 1.165) is 11.1 Å². The Kier molecular flexibility index (Phi) is 3.38. The fraction of sp³-hybridized carbons (Fsp3) is 0.211. The highest BCUT2D eigenvalue weighted by molar-refractivity contribution is 5.97. The predicted molar refractivity (Wildman–Crippen MR) is 84.6 cm³/mol. The van der Waals surface area contributed by atoms with Crippen molar-refractivity contribution in [3.63, 3.8) is 0 Å². The van der Waals surface area contributed by atoms with Crippen molar-refractivity contribution >= 4 is 12.0 Å². The standard InChI is InChI=1S/C19H18O2/c1-19(2)13-21-18(20)17(19)12-14-8-10-16(11-9-14)15-6-4-3-5-7-15/h3-12H,13H2,1-2H3/b17-12-. The predicted octanol–water partition coefficient (Wildman–Crippen LogP) is 4.32. The summed E-state index contributed by atoms with van der Waals surface area (Å²) >= 11 is 0. The van der Waals surface area contributed by atoms with Gasteiger partial charge in [-0.2, -0.15) is 0 Å². The SMILES string of the molecule is CC1(C)COC(=O)/C1=C/c1ccc(-c2ccccc2)cc1. The van der Waals surface area contributed by atoms with E-state index in [0.29, 0.717) is 6.61 Å². The van der Waals surface area contributed by atoms with Gasteiger partial charge < -0.3 is 4.74 Å². The summed E-state index contributed by atoms with van der Waals surface area (Å²) in [6.07, 6.45) is 1.93.